The van der Waals surface area contributed by atoms with Gasteiger partial charge in [-0.2, -0.15) is 0 Å². The highest BCUT2D eigenvalue weighted by molar-refractivity contribution is 7.81. The van der Waals surface area contributed by atoms with E-state index in [0.717, 1.165) is 0 Å². The lowest BCUT2D eigenvalue weighted by Gasteiger charge is -2.18. The molecule has 0 amide bonds. The van der Waals surface area contributed by atoms with Crippen molar-refractivity contribution in [1.82, 2.24) is 0 Å². The van der Waals surface area contributed by atoms with E-state index in [-0.39, 0.29) is 0 Å². The van der Waals surface area contributed by atoms with E-state index in [1.807, 2.05) is 13.8 Å². The van der Waals surface area contributed by atoms with Crippen LogP contribution in [0.3, 0.4) is 0 Å². The topological polar surface area (TPSA) is 29.5 Å². The Morgan fingerprint density at radius 1 is 1.62 bits per heavy atom. The molecule has 8 heavy (non-hydrogen) atoms. The zero-order valence-electron chi connectivity index (χ0n) is 5.22. The molecule has 50 valence electrons. The molecular formula is C5H12O2S. The predicted molar refractivity (Wildman–Crippen MR) is 35.9 cm³/mol. The van der Waals surface area contributed by atoms with Gasteiger partial charge in [-0.15, -0.1) is 12.6 Å². The van der Waals surface area contributed by atoms with E-state index in [9.17, 15) is 0 Å². The average Bonchev–Trinajstić information content (AvgIpc) is 1.67. The van der Waals surface area contributed by atoms with Gasteiger partial charge in [-0.1, -0.05) is 6.92 Å². The molecule has 0 aromatic carbocycles. The molecule has 0 aliphatic rings. The summed E-state index contributed by atoms with van der Waals surface area (Å²) in [6, 6.07) is 0. The zero-order valence-corrected chi connectivity index (χ0v) is 6.11. The summed E-state index contributed by atoms with van der Waals surface area (Å²) in [5.74, 6) is 0. The summed E-state index contributed by atoms with van der Waals surface area (Å²) in [5.41, 5.74) is 0. The standard InChI is InChI=1S/C5H12O2S/c1-3-5(6,8)7-4-2/h6,8H,3-4H2,1-2H3/t5-/m1/s1. The lowest BCUT2D eigenvalue weighted by Crippen LogP contribution is -2.23. The normalized spacial score (nSPS) is 18.0. The van der Waals surface area contributed by atoms with Gasteiger partial charge < -0.3 is 9.84 Å². The second-order valence-electron chi connectivity index (χ2n) is 1.53. The van der Waals surface area contributed by atoms with Crippen molar-refractivity contribution in [2.45, 2.75) is 25.4 Å². The molecule has 0 spiro atoms. The first kappa shape index (κ1) is 8.27. The maximum atomic E-state index is 8.97. The van der Waals surface area contributed by atoms with Crippen LogP contribution in [0.15, 0.2) is 0 Å². The van der Waals surface area contributed by atoms with Crippen LogP contribution in [0.4, 0.5) is 0 Å². The van der Waals surface area contributed by atoms with E-state index >= 15 is 0 Å². The average molecular weight is 136 g/mol. The highest BCUT2D eigenvalue weighted by Crippen LogP contribution is 2.15. The summed E-state index contributed by atoms with van der Waals surface area (Å²) < 4.78 is 4.80. The lowest BCUT2D eigenvalue weighted by atomic mass is 10.5. The van der Waals surface area contributed by atoms with Gasteiger partial charge in [-0.05, 0) is 6.92 Å². The van der Waals surface area contributed by atoms with E-state index in [1.54, 1.807) is 0 Å². The summed E-state index contributed by atoms with van der Waals surface area (Å²) in [5, 5.41) is 7.75. The number of ether oxygens (including phenoxy) is 1. The van der Waals surface area contributed by atoms with Crippen LogP contribution in [0.2, 0.25) is 0 Å². The van der Waals surface area contributed by atoms with E-state index in [0.29, 0.717) is 13.0 Å². The summed E-state index contributed by atoms with van der Waals surface area (Å²) in [6.07, 6.45) is 0.504. The fourth-order valence-corrected chi connectivity index (χ4v) is 0.462. The van der Waals surface area contributed by atoms with Crippen molar-refractivity contribution in [3.05, 3.63) is 0 Å². The Kier molecular flexibility index (Phi) is 3.44. The minimum Gasteiger partial charge on any atom is -0.357 e. The third kappa shape index (κ3) is 3.29. The van der Waals surface area contributed by atoms with Crippen LogP contribution in [0.1, 0.15) is 20.3 Å². The maximum Gasteiger partial charge on any atom is 0.212 e. The van der Waals surface area contributed by atoms with E-state index in [4.69, 9.17) is 9.84 Å². The van der Waals surface area contributed by atoms with Gasteiger partial charge in [-0.25, -0.2) is 0 Å². The van der Waals surface area contributed by atoms with Crippen molar-refractivity contribution in [2.24, 2.45) is 0 Å². The molecule has 0 saturated carbocycles. The second-order valence-corrected chi connectivity index (χ2v) is 2.23. The van der Waals surface area contributed by atoms with Crippen LogP contribution < -0.4 is 0 Å². The van der Waals surface area contributed by atoms with Crippen LogP contribution in [0.5, 0.6) is 0 Å². The highest BCUT2D eigenvalue weighted by atomic mass is 32.1. The maximum absolute atomic E-state index is 8.97. The number of hydrogen-bond donors (Lipinski definition) is 2. The molecule has 0 heterocycles. The molecule has 2 nitrogen and oxygen atoms in total. The van der Waals surface area contributed by atoms with Crippen LogP contribution >= 0.6 is 12.6 Å². The molecule has 0 fully saturated rings. The molecular weight excluding hydrogens is 124 g/mol. The van der Waals surface area contributed by atoms with Crippen LogP contribution in [0.25, 0.3) is 0 Å². The first-order chi connectivity index (χ1) is 3.62. The fourth-order valence-electron chi connectivity index (χ4n) is 0.333. The third-order valence-corrected chi connectivity index (χ3v) is 1.28. The number of hydrogen-bond acceptors (Lipinski definition) is 3. The molecule has 0 aliphatic heterocycles. The summed E-state index contributed by atoms with van der Waals surface area (Å²) in [6.45, 7) is 4.12. The molecule has 0 bridgehead atoms. The van der Waals surface area contributed by atoms with Crippen molar-refractivity contribution in [3.63, 3.8) is 0 Å². The van der Waals surface area contributed by atoms with E-state index in [1.165, 1.54) is 0 Å². The lowest BCUT2D eigenvalue weighted by molar-refractivity contribution is -0.126. The molecule has 0 aromatic rings. The number of rotatable bonds is 3. The van der Waals surface area contributed by atoms with Gasteiger partial charge in [0, 0.05) is 13.0 Å². The predicted octanol–water partition coefficient (Wildman–Crippen LogP) is 1.01. The van der Waals surface area contributed by atoms with Crippen molar-refractivity contribution < 1.29 is 9.84 Å². The van der Waals surface area contributed by atoms with Crippen molar-refractivity contribution in [3.8, 4) is 0 Å². The Morgan fingerprint density at radius 3 is 2.25 bits per heavy atom. The Bertz CT molecular complexity index is 63.4. The van der Waals surface area contributed by atoms with Gasteiger partial charge in [0.05, 0.1) is 0 Å². The SMILES string of the molecule is CCO[C@@](O)(S)CC. The minimum absolute atomic E-state index is 0.494. The van der Waals surface area contributed by atoms with Gasteiger partial charge >= 0.3 is 0 Å². The number of thiol groups is 1. The van der Waals surface area contributed by atoms with E-state index in [2.05, 4.69) is 12.6 Å². The van der Waals surface area contributed by atoms with Crippen molar-refractivity contribution in [1.29, 1.82) is 0 Å². The molecule has 0 aromatic heterocycles. The number of aliphatic hydroxyl groups is 1. The van der Waals surface area contributed by atoms with Crippen LogP contribution in [-0.2, 0) is 4.74 Å². The molecule has 0 radical (unpaired) electrons. The van der Waals surface area contributed by atoms with Crippen LogP contribution in [0, 0.1) is 0 Å². The molecule has 0 unspecified atom stereocenters. The minimum atomic E-state index is -1.21. The fraction of sp³-hybridized carbons (Fsp3) is 1.00. The zero-order chi connectivity index (χ0) is 6.62. The van der Waals surface area contributed by atoms with Crippen LogP contribution in [-0.4, -0.2) is 16.8 Å². The first-order valence-corrected chi connectivity index (χ1v) is 3.15. The summed E-state index contributed by atoms with van der Waals surface area (Å²) in [7, 11) is 0. The van der Waals surface area contributed by atoms with Crippen molar-refractivity contribution >= 4 is 12.6 Å². The Labute approximate surface area is 55.3 Å². The first-order valence-electron chi connectivity index (χ1n) is 2.71. The van der Waals surface area contributed by atoms with E-state index < -0.39 is 5.12 Å². The largest absolute Gasteiger partial charge is 0.357 e. The molecule has 1 atom stereocenters. The Morgan fingerprint density at radius 2 is 2.12 bits per heavy atom. The Hall–Kier alpha value is 0.270. The van der Waals surface area contributed by atoms with Gasteiger partial charge in [-0.3, -0.25) is 0 Å². The third-order valence-electron chi connectivity index (χ3n) is 0.836. The van der Waals surface area contributed by atoms with Gasteiger partial charge in [0.15, 0.2) is 0 Å². The molecule has 0 saturated heterocycles. The highest BCUT2D eigenvalue weighted by Gasteiger charge is 2.16. The van der Waals surface area contributed by atoms with Gasteiger partial charge in [0.25, 0.3) is 0 Å². The molecule has 0 rings (SSSR count). The van der Waals surface area contributed by atoms with Crippen molar-refractivity contribution in [2.75, 3.05) is 6.61 Å². The van der Waals surface area contributed by atoms with Gasteiger partial charge in [0.1, 0.15) is 0 Å². The van der Waals surface area contributed by atoms with Gasteiger partial charge in [0.2, 0.25) is 5.12 Å². The smallest absolute Gasteiger partial charge is 0.212 e. The quantitative estimate of drug-likeness (QED) is 0.448. The summed E-state index contributed by atoms with van der Waals surface area (Å²) in [4.78, 5) is 0. The monoisotopic (exact) mass is 136 g/mol. The molecule has 0 aliphatic carbocycles. The molecule has 3 heteroatoms. The Balaban J connectivity index is 3.37. The second kappa shape index (κ2) is 3.33. The molecule has 1 N–H and O–H groups in total. The summed E-state index contributed by atoms with van der Waals surface area (Å²) >= 11 is 3.80.